The van der Waals surface area contributed by atoms with E-state index in [1.807, 2.05) is 42.5 Å². The summed E-state index contributed by atoms with van der Waals surface area (Å²) in [7, 11) is -0.444. The normalized spacial score (nSPS) is 13.1. The number of fused-ring (bicyclic) bond motifs is 1. The van der Waals surface area contributed by atoms with Crippen molar-refractivity contribution in [3.8, 4) is 11.5 Å². The fourth-order valence-corrected chi connectivity index (χ4v) is 5.97. The van der Waals surface area contributed by atoms with Crippen LogP contribution >= 0.6 is 0 Å². The smallest absolute Gasteiger partial charge is 0.264 e. The highest BCUT2D eigenvalue weighted by atomic mass is 32.2. The summed E-state index contributed by atoms with van der Waals surface area (Å²) in [5.74, 6) is 1.29. The maximum Gasteiger partial charge on any atom is 0.264 e. The van der Waals surface area contributed by atoms with Crippen molar-refractivity contribution in [3.63, 3.8) is 0 Å². The Kier molecular flexibility index (Phi) is 8.15. The van der Waals surface area contributed by atoms with Gasteiger partial charge in [-0.25, -0.2) is 8.42 Å². The maximum absolute atomic E-state index is 13.3. The van der Waals surface area contributed by atoms with E-state index in [0.717, 1.165) is 35.2 Å². The number of hydrogen-bond donors (Lipinski definition) is 1. The molecule has 0 radical (unpaired) electrons. The van der Waals surface area contributed by atoms with E-state index in [2.05, 4.69) is 5.32 Å². The van der Waals surface area contributed by atoms with E-state index in [0.29, 0.717) is 43.9 Å². The van der Waals surface area contributed by atoms with E-state index < -0.39 is 10.0 Å². The molecule has 0 fully saturated rings. The third kappa shape index (κ3) is 5.82. The summed E-state index contributed by atoms with van der Waals surface area (Å²) < 4.78 is 38.6. The first-order valence-corrected chi connectivity index (χ1v) is 13.5. The predicted molar refractivity (Wildman–Crippen MR) is 140 cm³/mol. The Morgan fingerprint density at radius 3 is 2.39 bits per heavy atom. The summed E-state index contributed by atoms with van der Waals surface area (Å²) in [5, 5.41) is 2.94. The van der Waals surface area contributed by atoms with Crippen LogP contribution in [0.15, 0.2) is 71.6 Å². The van der Waals surface area contributed by atoms with Crippen LogP contribution < -0.4 is 19.1 Å². The minimum absolute atomic E-state index is 0.0444. The van der Waals surface area contributed by atoms with Crippen LogP contribution in [0.2, 0.25) is 0 Å². The molecule has 0 atom stereocenters. The zero-order valence-electron chi connectivity index (χ0n) is 20.7. The highest BCUT2D eigenvalue weighted by Crippen LogP contribution is 2.32. The van der Waals surface area contributed by atoms with Crippen LogP contribution in [0.3, 0.4) is 0 Å². The zero-order chi connectivity index (χ0) is 25.5. The third-order valence-electron chi connectivity index (χ3n) is 6.40. The maximum atomic E-state index is 13.3. The monoisotopic (exact) mass is 508 g/mol. The van der Waals surface area contributed by atoms with E-state index in [-0.39, 0.29) is 10.8 Å². The fraction of sp³-hybridized carbons (Fsp3) is 0.321. The average molecular weight is 509 g/mol. The molecular weight excluding hydrogens is 476 g/mol. The summed E-state index contributed by atoms with van der Waals surface area (Å²) in [5.41, 5.74) is 3.78. The number of hydrogen-bond acceptors (Lipinski definition) is 5. The summed E-state index contributed by atoms with van der Waals surface area (Å²) >= 11 is 0. The molecule has 0 saturated heterocycles. The molecule has 3 aromatic carbocycles. The summed E-state index contributed by atoms with van der Waals surface area (Å²) in [6.45, 7) is 0.993. The highest BCUT2D eigenvalue weighted by molar-refractivity contribution is 7.92. The molecule has 190 valence electrons. The topological polar surface area (TPSA) is 84.9 Å². The molecule has 1 aliphatic heterocycles. The lowest BCUT2D eigenvalue weighted by atomic mass is 10.0. The number of carbonyl (C=O) groups is 1. The zero-order valence-corrected chi connectivity index (χ0v) is 21.5. The van der Waals surface area contributed by atoms with E-state index in [9.17, 15) is 13.2 Å². The molecule has 0 aromatic heterocycles. The molecule has 3 aromatic rings. The Morgan fingerprint density at radius 1 is 0.917 bits per heavy atom. The van der Waals surface area contributed by atoms with Crippen molar-refractivity contribution in [2.75, 3.05) is 31.6 Å². The standard InChI is InChI=1S/C28H32N2O5S/c1-34-26-15-11-22(20-27(26)35-2)17-18-29-28(31)16-12-21-9-13-24(14-10-21)36(32,33)30-19-5-7-23-6-3-4-8-25(23)30/h3-4,6,8-11,13-15,20H,5,7,12,16-19H2,1-2H3,(H,29,31). The van der Waals surface area contributed by atoms with Crippen molar-refractivity contribution in [1.82, 2.24) is 5.32 Å². The number of rotatable bonds is 10. The number of sulfonamides is 1. The van der Waals surface area contributed by atoms with E-state index in [1.165, 1.54) is 4.31 Å². The second-order valence-corrected chi connectivity index (χ2v) is 10.6. The third-order valence-corrected chi connectivity index (χ3v) is 8.23. The molecule has 8 heteroatoms. The minimum atomic E-state index is -3.63. The van der Waals surface area contributed by atoms with Crippen molar-refractivity contribution < 1.29 is 22.7 Å². The van der Waals surface area contributed by atoms with Gasteiger partial charge in [0.1, 0.15) is 0 Å². The predicted octanol–water partition coefficient (Wildman–Crippen LogP) is 4.14. The summed E-state index contributed by atoms with van der Waals surface area (Å²) in [6, 6.07) is 20.2. The van der Waals surface area contributed by atoms with Crippen molar-refractivity contribution in [2.24, 2.45) is 0 Å². The number of amides is 1. The molecule has 0 unspecified atom stereocenters. The Balaban J connectivity index is 1.29. The van der Waals surface area contributed by atoms with E-state index in [1.54, 1.807) is 38.5 Å². The van der Waals surface area contributed by atoms with Crippen molar-refractivity contribution in [3.05, 3.63) is 83.4 Å². The van der Waals surface area contributed by atoms with Gasteiger partial charge >= 0.3 is 0 Å². The molecule has 4 rings (SSSR count). The largest absolute Gasteiger partial charge is 0.493 e. The quantitative estimate of drug-likeness (QED) is 0.445. The van der Waals surface area contributed by atoms with Crippen molar-refractivity contribution >= 4 is 21.6 Å². The van der Waals surface area contributed by atoms with Gasteiger partial charge in [0, 0.05) is 19.5 Å². The first kappa shape index (κ1) is 25.6. The van der Waals surface area contributed by atoms with E-state index >= 15 is 0 Å². The van der Waals surface area contributed by atoms with Crippen molar-refractivity contribution in [2.45, 2.75) is 37.0 Å². The van der Waals surface area contributed by atoms with Crippen LogP contribution in [0, 0.1) is 0 Å². The van der Waals surface area contributed by atoms with Gasteiger partial charge in [-0.2, -0.15) is 0 Å². The molecular formula is C28H32N2O5S. The Bertz CT molecular complexity index is 1310. The number of nitrogens with one attached hydrogen (secondary N) is 1. The molecule has 1 heterocycles. The van der Waals surface area contributed by atoms with Gasteiger partial charge in [-0.15, -0.1) is 0 Å². The number of aryl methyl sites for hydroxylation is 2. The Hall–Kier alpha value is -3.52. The van der Waals surface area contributed by atoms with Crippen LogP contribution in [-0.4, -0.2) is 41.6 Å². The molecule has 7 nitrogen and oxygen atoms in total. The highest BCUT2D eigenvalue weighted by Gasteiger charge is 2.28. The number of para-hydroxylation sites is 1. The number of nitrogens with zero attached hydrogens (tertiary/aromatic N) is 1. The lowest BCUT2D eigenvalue weighted by molar-refractivity contribution is -0.121. The Morgan fingerprint density at radius 2 is 1.64 bits per heavy atom. The first-order valence-electron chi connectivity index (χ1n) is 12.1. The second-order valence-electron chi connectivity index (χ2n) is 8.74. The van der Waals surface area contributed by atoms with Gasteiger partial charge in [-0.1, -0.05) is 36.4 Å². The molecule has 1 N–H and O–H groups in total. The summed E-state index contributed by atoms with van der Waals surface area (Å²) in [4.78, 5) is 12.6. The number of benzene rings is 3. The van der Waals surface area contributed by atoms with Gasteiger partial charge in [0.15, 0.2) is 11.5 Å². The minimum Gasteiger partial charge on any atom is -0.493 e. The number of methoxy groups -OCH3 is 2. The Labute approximate surface area is 213 Å². The lowest BCUT2D eigenvalue weighted by Crippen LogP contribution is -2.35. The van der Waals surface area contributed by atoms with Gasteiger partial charge in [-0.3, -0.25) is 9.10 Å². The lowest BCUT2D eigenvalue weighted by Gasteiger charge is -2.30. The van der Waals surface area contributed by atoms with Crippen LogP contribution in [0.25, 0.3) is 0 Å². The SMILES string of the molecule is COc1ccc(CCNC(=O)CCc2ccc(S(=O)(=O)N3CCCc4ccccc43)cc2)cc1OC. The van der Waals surface area contributed by atoms with Gasteiger partial charge in [0.25, 0.3) is 10.0 Å². The fourth-order valence-electron chi connectivity index (χ4n) is 4.43. The average Bonchev–Trinajstić information content (AvgIpc) is 2.91. The molecule has 1 aliphatic rings. The molecule has 0 saturated carbocycles. The van der Waals surface area contributed by atoms with Gasteiger partial charge in [0.2, 0.25) is 5.91 Å². The number of carbonyl (C=O) groups excluding carboxylic acids is 1. The van der Waals surface area contributed by atoms with Gasteiger partial charge in [0.05, 0.1) is 24.8 Å². The molecule has 0 bridgehead atoms. The van der Waals surface area contributed by atoms with E-state index in [4.69, 9.17) is 9.47 Å². The van der Waals surface area contributed by atoms with Crippen LogP contribution in [0.5, 0.6) is 11.5 Å². The van der Waals surface area contributed by atoms with Crippen LogP contribution in [-0.2, 0) is 34.1 Å². The number of anilines is 1. The van der Waals surface area contributed by atoms with Crippen LogP contribution in [0.1, 0.15) is 29.5 Å². The first-order chi connectivity index (χ1) is 17.4. The molecule has 0 spiro atoms. The number of ether oxygens (including phenoxy) is 2. The van der Waals surface area contributed by atoms with Gasteiger partial charge in [-0.05, 0) is 72.7 Å². The second kappa shape index (κ2) is 11.5. The molecule has 36 heavy (non-hydrogen) atoms. The van der Waals surface area contributed by atoms with Gasteiger partial charge < -0.3 is 14.8 Å². The van der Waals surface area contributed by atoms with Crippen molar-refractivity contribution in [1.29, 1.82) is 0 Å². The summed E-state index contributed by atoms with van der Waals surface area (Å²) in [6.07, 6.45) is 3.23. The molecule has 1 amide bonds. The van der Waals surface area contributed by atoms with Crippen LogP contribution in [0.4, 0.5) is 5.69 Å². The molecule has 0 aliphatic carbocycles.